The van der Waals surface area contributed by atoms with Crippen LogP contribution < -0.4 is 10.1 Å². The van der Waals surface area contributed by atoms with Gasteiger partial charge in [-0.15, -0.1) is 0 Å². The smallest absolute Gasteiger partial charge is 0.317 e. The maximum atomic E-state index is 12.5. The normalized spacial score (nSPS) is 17.0. The van der Waals surface area contributed by atoms with E-state index in [9.17, 15) is 4.79 Å². The Kier molecular flexibility index (Phi) is 6.91. The van der Waals surface area contributed by atoms with Crippen LogP contribution in [-0.4, -0.2) is 62.7 Å². The molecule has 0 aromatic heterocycles. The highest BCUT2D eigenvalue weighted by Crippen LogP contribution is 2.33. The van der Waals surface area contributed by atoms with E-state index in [4.69, 9.17) is 4.74 Å². The number of nitrogens with zero attached hydrogens (tertiary/aromatic N) is 2. The zero-order chi connectivity index (χ0) is 17.5. The lowest BCUT2D eigenvalue weighted by atomic mass is 9.89. The number of likely N-dealkylation sites (N-methyl/N-ethyl adjacent to an activating group) is 1. The number of benzene rings is 1. The Hall–Kier alpha value is -1.75. The van der Waals surface area contributed by atoms with Crippen molar-refractivity contribution in [1.82, 2.24) is 15.1 Å². The molecule has 0 unspecified atom stereocenters. The second kappa shape index (κ2) is 8.92. The van der Waals surface area contributed by atoms with E-state index >= 15 is 0 Å². The van der Waals surface area contributed by atoms with Gasteiger partial charge < -0.3 is 19.9 Å². The molecule has 0 saturated carbocycles. The minimum absolute atomic E-state index is 0.0715. The van der Waals surface area contributed by atoms with Gasteiger partial charge in [-0.2, -0.15) is 0 Å². The third-order valence-electron chi connectivity index (χ3n) is 4.77. The van der Waals surface area contributed by atoms with Gasteiger partial charge in [0.05, 0.1) is 7.11 Å². The van der Waals surface area contributed by atoms with Gasteiger partial charge in [0.25, 0.3) is 0 Å². The summed E-state index contributed by atoms with van der Waals surface area (Å²) in [7, 11) is 5.79. The van der Waals surface area contributed by atoms with Crippen molar-refractivity contribution in [2.75, 3.05) is 40.8 Å². The van der Waals surface area contributed by atoms with Crippen LogP contribution in [0.4, 0.5) is 4.79 Å². The molecule has 1 saturated heterocycles. The molecule has 5 heteroatoms. The Morgan fingerprint density at radius 1 is 1.33 bits per heavy atom. The highest BCUT2D eigenvalue weighted by Gasteiger charge is 2.26. The van der Waals surface area contributed by atoms with Crippen LogP contribution in [-0.2, 0) is 0 Å². The summed E-state index contributed by atoms with van der Waals surface area (Å²) in [6.45, 7) is 4.59. The number of amides is 2. The molecule has 1 aliphatic heterocycles. The molecule has 0 spiro atoms. The highest BCUT2D eigenvalue weighted by atomic mass is 16.5. The zero-order valence-electron chi connectivity index (χ0n) is 15.4. The monoisotopic (exact) mass is 333 g/mol. The van der Waals surface area contributed by atoms with Crippen LogP contribution in [0.15, 0.2) is 24.3 Å². The lowest BCUT2D eigenvalue weighted by molar-refractivity contribution is 0.174. The van der Waals surface area contributed by atoms with Crippen molar-refractivity contribution in [2.24, 2.45) is 0 Å². The molecular weight excluding hydrogens is 302 g/mol. The lowest BCUT2D eigenvalue weighted by Crippen LogP contribution is -2.49. The van der Waals surface area contributed by atoms with Crippen LogP contribution in [0.3, 0.4) is 0 Å². The number of carbonyl (C=O) groups is 1. The van der Waals surface area contributed by atoms with Crippen LogP contribution in [0.1, 0.15) is 37.7 Å². The van der Waals surface area contributed by atoms with Crippen LogP contribution in [0.2, 0.25) is 0 Å². The third kappa shape index (κ3) is 4.87. The van der Waals surface area contributed by atoms with E-state index in [1.165, 1.54) is 5.56 Å². The number of ether oxygens (including phenoxy) is 1. The molecule has 1 aliphatic rings. The van der Waals surface area contributed by atoms with Crippen molar-refractivity contribution in [3.8, 4) is 5.75 Å². The number of rotatable bonds is 6. The zero-order valence-corrected chi connectivity index (χ0v) is 15.4. The second-order valence-corrected chi connectivity index (χ2v) is 6.82. The topological polar surface area (TPSA) is 44.8 Å². The number of likely N-dealkylation sites (tertiary alicyclic amines) is 1. The summed E-state index contributed by atoms with van der Waals surface area (Å²) in [4.78, 5) is 16.5. The van der Waals surface area contributed by atoms with Crippen molar-refractivity contribution in [1.29, 1.82) is 0 Å². The van der Waals surface area contributed by atoms with Crippen LogP contribution >= 0.6 is 0 Å². The van der Waals surface area contributed by atoms with E-state index in [1.54, 1.807) is 7.11 Å². The predicted octanol–water partition coefficient (Wildman–Crippen LogP) is 2.92. The Balaban J connectivity index is 1.89. The van der Waals surface area contributed by atoms with E-state index in [2.05, 4.69) is 29.3 Å². The fraction of sp³-hybridized carbons (Fsp3) is 0.632. The fourth-order valence-electron chi connectivity index (χ4n) is 3.38. The molecule has 1 aromatic carbocycles. The number of carbonyl (C=O) groups excluding carboxylic acids is 1. The molecule has 0 bridgehead atoms. The van der Waals surface area contributed by atoms with Gasteiger partial charge in [-0.05, 0) is 50.9 Å². The summed E-state index contributed by atoms with van der Waals surface area (Å²) in [5.41, 5.74) is 1.26. The van der Waals surface area contributed by atoms with Crippen molar-refractivity contribution in [3.63, 3.8) is 0 Å². The summed E-state index contributed by atoms with van der Waals surface area (Å²) in [5, 5.41) is 3.17. The van der Waals surface area contributed by atoms with Crippen LogP contribution in [0.5, 0.6) is 5.75 Å². The number of urea groups is 1. The van der Waals surface area contributed by atoms with E-state index in [1.807, 2.05) is 31.1 Å². The van der Waals surface area contributed by atoms with Crippen molar-refractivity contribution < 1.29 is 9.53 Å². The Morgan fingerprint density at radius 3 is 2.58 bits per heavy atom. The molecule has 134 valence electrons. The number of methoxy groups -OCH3 is 1. The largest absolute Gasteiger partial charge is 0.496 e. The molecule has 24 heavy (non-hydrogen) atoms. The molecule has 1 aromatic rings. The fourth-order valence-corrected chi connectivity index (χ4v) is 3.38. The minimum atomic E-state index is 0.0715. The molecule has 0 radical (unpaired) electrons. The van der Waals surface area contributed by atoms with Crippen LogP contribution in [0.25, 0.3) is 0 Å². The maximum absolute atomic E-state index is 12.5. The average molecular weight is 333 g/mol. The van der Waals surface area contributed by atoms with Gasteiger partial charge in [-0.25, -0.2) is 4.79 Å². The first-order valence-electron chi connectivity index (χ1n) is 8.88. The summed E-state index contributed by atoms with van der Waals surface area (Å²) in [6.07, 6.45) is 2.91. The molecule has 1 atom stereocenters. The van der Waals surface area contributed by atoms with Gasteiger partial charge in [0.2, 0.25) is 0 Å². The van der Waals surface area contributed by atoms with Crippen molar-refractivity contribution >= 4 is 6.03 Å². The molecule has 5 nitrogen and oxygen atoms in total. The Labute approximate surface area is 146 Å². The number of hydrogen-bond acceptors (Lipinski definition) is 3. The van der Waals surface area contributed by atoms with E-state index in [0.717, 1.165) is 44.6 Å². The van der Waals surface area contributed by atoms with E-state index < -0.39 is 0 Å². The van der Waals surface area contributed by atoms with Crippen LogP contribution in [0, 0.1) is 0 Å². The van der Waals surface area contributed by atoms with Crippen molar-refractivity contribution in [3.05, 3.63) is 29.8 Å². The van der Waals surface area contributed by atoms with Gasteiger partial charge in [0.1, 0.15) is 5.75 Å². The first-order valence-corrected chi connectivity index (χ1v) is 8.88. The molecule has 1 fully saturated rings. The number of para-hydroxylation sites is 1. The number of piperidine rings is 1. The van der Waals surface area contributed by atoms with Gasteiger partial charge in [0, 0.05) is 25.7 Å². The number of nitrogens with one attached hydrogen (secondary N) is 1. The van der Waals surface area contributed by atoms with E-state index in [0.29, 0.717) is 5.92 Å². The SMILES string of the molecule is CC[C@@H](CN(C)C)NC(=O)N1CCC(c2ccccc2OC)CC1. The van der Waals surface area contributed by atoms with Crippen molar-refractivity contribution in [2.45, 2.75) is 38.1 Å². The molecule has 2 rings (SSSR count). The average Bonchev–Trinajstić information content (AvgIpc) is 2.60. The second-order valence-electron chi connectivity index (χ2n) is 6.82. The molecular formula is C19H31N3O2. The Morgan fingerprint density at radius 2 is 2.00 bits per heavy atom. The highest BCUT2D eigenvalue weighted by molar-refractivity contribution is 5.74. The minimum Gasteiger partial charge on any atom is -0.496 e. The Bertz CT molecular complexity index is 525. The first-order chi connectivity index (χ1) is 11.5. The lowest BCUT2D eigenvalue weighted by Gasteiger charge is -2.34. The maximum Gasteiger partial charge on any atom is 0.317 e. The van der Waals surface area contributed by atoms with Gasteiger partial charge in [0.15, 0.2) is 0 Å². The standard InChI is InChI=1S/C19H31N3O2/c1-5-16(14-21(2)3)20-19(23)22-12-10-15(11-13-22)17-8-6-7-9-18(17)24-4/h6-9,15-16H,5,10-14H2,1-4H3,(H,20,23)/t16-/m0/s1. The third-order valence-corrected chi connectivity index (χ3v) is 4.77. The molecule has 2 amide bonds. The number of hydrogen-bond donors (Lipinski definition) is 1. The first kappa shape index (κ1) is 18.6. The van der Waals surface area contributed by atoms with Gasteiger partial charge in [-0.3, -0.25) is 0 Å². The predicted molar refractivity (Wildman–Crippen MR) is 97.7 cm³/mol. The van der Waals surface area contributed by atoms with Gasteiger partial charge in [-0.1, -0.05) is 25.1 Å². The summed E-state index contributed by atoms with van der Waals surface area (Å²) >= 11 is 0. The van der Waals surface area contributed by atoms with Gasteiger partial charge >= 0.3 is 6.03 Å². The molecule has 0 aliphatic carbocycles. The summed E-state index contributed by atoms with van der Waals surface area (Å²) in [5.74, 6) is 1.42. The summed E-state index contributed by atoms with van der Waals surface area (Å²) < 4.78 is 5.48. The summed E-state index contributed by atoms with van der Waals surface area (Å²) in [6, 6.07) is 8.50. The van der Waals surface area contributed by atoms with E-state index in [-0.39, 0.29) is 12.1 Å². The molecule has 1 heterocycles. The molecule has 1 N–H and O–H groups in total. The quantitative estimate of drug-likeness (QED) is 0.870.